The highest BCUT2D eigenvalue weighted by Gasteiger charge is 2.33. The highest BCUT2D eigenvalue weighted by Crippen LogP contribution is 2.34. The van der Waals surface area contributed by atoms with Crippen LogP contribution in [0.4, 0.5) is 0 Å². The van der Waals surface area contributed by atoms with Crippen LogP contribution in [0.15, 0.2) is 41.3 Å². The summed E-state index contributed by atoms with van der Waals surface area (Å²) >= 11 is 0. The molecule has 2 aromatic rings. The lowest BCUT2D eigenvalue weighted by Crippen LogP contribution is -2.44. The van der Waals surface area contributed by atoms with Gasteiger partial charge in [-0.05, 0) is 73.6 Å². The number of sulfonamides is 1. The molecular weight excluding hydrogens is 464 g/mol. The molecule has 1 saturated heterocycles. The van der Waals surface area contributed by atoms with Crippen molar-refractivity contribution < 1.29 is 22.7 Å². The lowest BCUT2D eigenvalue weighted by Gasteiger charge is -2.32. The van der Waals surface area contributed by atoms with Crippen molar-refractivity contribution in [3.05, 3.63) is 53.1 Å². The monoisotopic (exact) mass is 500 g/mol. The largest absolute Gasteiger partial charge is 0.490 e. The summed E-state index contributed by atoms with van der Waals surface area (Å²) in [5.41, 5.74) is 3.00. The van der Waals surface area contributed by atoms with Crippen molar-refractivity contribution in [3.8, 4) is 11.5 Å². The second kappa shape index (κ2) is 10.6. The van der Waals surface area contributed by atoms with Gasteiger partial charge in [0, 0.05) is 25.4 Å². The molecule has 0 radical (unpaired) electrons. The molecule has 1 N–H and O–H groups in total. The summed E-state index contributed by atoms with van der Waals surface area (Å²) in [6.07, 6.45) is 1.84. The zero-order valence-corrected chi connectivity index (χ0v) is 21.9. The predicted octanol–water partition coefficient (Wildman–Crippen LogP) is 4.38. The van der Waals surface area contributed by atoms with E-state index >= 15 is 0 Å². The van der Waals surface area contributed by atoms with E-state index in [-0.39, 0.29) is 23.8 Å². The average molecular weight is 501 g/mol. The Hall–Kier alpha value is -2.58. The van der Waals surface area contributed by atoms with Gasteiger partial charge in [-0.1, -0.05) is 26.0 Å². The lowest BCUT2D eigenvalue weighted by molar-refractivity contribution is -0.127. The zero-order valence-electron chi connectivity index (χ0n) is 21.0. The van der Waals surface area contributed by atoms with E-state index in [4.69, 9.17) is 9.47 Å². The van der Waals surface area contributed by atoms with Gasteiger partial charge in [0.15, 0.2) is 11.5 Å². The van der Waals surface area contributed by atoms with Crippen LogP contribution in [0.5, 0.6) is 11.5 Å². The van der Waals surface area contributed by atoms with Crippen LogP contribution in [-0.2, 0) is 14.8 Å². The van der Waals surface area contributed by atoms with Crippen molar-refractivity contribution in [2.24, 2.45) is 11.8 Å². The third-order valence-corrected chi connectivity index (χ3v) is 8.93. The highest BCUT2D eigenvalue weighted by atomic mass is 32.2. The summed E-state index contributed by atoms with van der Waals surface area (Å²) < 4.78 is 39.3. The number of nitrogens with zero attached hydrogens (tertiary/aromatic N) is 1. The lowest BCUT2D eigenvalue weighted by atomic mass is 9.92. The summed E-state index contributed by atoms with van der Waals surface area (Å²) in [6.45, 7) is 9.95. The number of rotatable bonds is 6. The van der Waals surface area contributed by atoms with Crippen molar-refractivity contribution in [2.75, 3.05) is 26.3 Å². The average Bonchev–Trinajstić information content (AvgIpc) is 3.09. The molecular formula is C27H36N2O5S. The van der Waals surface area contributed by atoms with Crippen LogP contribution in [0.2, 0.25) is 0 Å². The minimum absolute atomic E-state index is 0.0287. The number of benzene rings is 2. The van der Waals surface area contributed by atoms with Crippen LogP contribution < -0.4 is 14.8 Å². The van der Waals surface area contributed by atoms with E-state index < -0.39 is 10.0 Å². The molecule has 190 valence electrons. The number of piperidine rings is 1. The molecule has 0 saturated carbocycles. The topological polar surface area (TPSA) is 84.9 Å². The van der Waals surface area contributed by atoms with E-state index in [1.54, 1.807) is 12.1 Å². The number of hydrogen-bond donors (Lipinski definition) is 1. The van der Waals surface area contributed by atoms with Gasteiger partial charge in [-0.15, -0.1) is 0 Å². The van der Waals surface area contributed by atoms with E-state index in [2.05, 4.69) is 19.2 Å². The maximum Gasteiger partial charge on any atom is 0.243 e. The van der Waals surface area contributed by atoms with Crippen LogP contribution in [0, 0.1) is 25.7 Å². The number of hydrogen-bond acceptors (Lipinski definition) is 5. The maximum absolute atomic E-state index is 13.2. The first kappa shape index (κ1) is 25.5. The van der Waals surface area contributed by atoms with Gasteiger partial charge in [-0.2, -0.15) is 4.31 Å². The minimum atomic E-state index is -3.57. The van der Waals surface area contributed by atoms with Gasteiger partial charge in [-0.3, -0.25) is 4.79 Å². The molecule has 1 unspecified atom stereocenters. The van der Waals surface area contributed by atoms with Gasteiger partial charge in [0.05, 0.1) is 24.2 Å². The molecule has 35 heavy (non-hydrogen) atoms. The van der Waals surface area contributed by atoms with Crippen LogP contribution >= 0.6 is 0 Å². The molecule has 0 aromatic heterocycles. The van der Waals surface area contributed by atoms with E-state index in [9.17, 15) is 13.2 Å². The molecule has 2 heterocycles. The predicted molar refractivity (Wildman–Crippen MR) is 135 cm³/mol. The SMILES string of the molecule is Cc1ccc(S(=O)(=O)N2CCC(C(=O)NC(c3ccc4c(c3)OCCCO4)C(C)C)CC2)cc1C. The number of nitrogens with one attached hydrogen (secondary N) is 1. The van der Waals surface area contributed by atoms with Crippen LogP contribution in [-0.4, -0.2) is 44.9 Å². The Labute approximate surface area is 208 Å². The number of carbonyl (C=O) groups excluding carboxylic acids is 1. The summed E-state index contributed by atoms with van der Waals surface area (Å²) in [4.78, 5) is 13.5. The van der Waals surface area contributed by atoms with E-state index in [1.807, 2.05) is 38.1 Å². The first-order valence-corrected chi connectivity index (χ1v) is 13.9. The standard InChI is InChI=1S/C27H36N2O5S/c1-18(2)26(22-7-9-24-25(17-22)34-15-5-14-33-24)28-27(30)21-10-12-29(13-11-21)35(31,32)23-8-6-19(3)20(4)16-23/h6-9,16-18,21,26H,5,10-15H2,1-4H3,(H,28,30). The molecule has 2 aromatic carbocycles. The molecule has 0 spiro atoms. The quantitative estimate of drug-likeness (QED) is 0.636. The molecule has 0 aliphatic carbocycles. The Morgan fingerprint density at radius 2 is 1.66 bits per heavy atom. The molecule has 2 aliphatic rings. The Balaban J connectivity index is 1.41. The summed E-state index contributed by atoms with van der Waals surface area (Å²) in [5, 5.41) is 3.22. The van der Waals surface area contributed by atoms with E-state index in [0.717, 1.165) is 28.9 Å². The minimum Gasteiger partial charge on any atom is -0.490 e. The smallest absolute Gasteiger partial charge is 0.243 e. The van der Waals surface area contributed by atoms with Gasteiger partial charge < -0.3 is 14.8 Å². The van der Waals surface area contributed by atoms with Crippen LogP contribution in [0.3, 0.4) is 0 Å². The number of amides is 1. The first-order chi connectivity index (χ1) is 16.7. The van der Waals surface area contributed by atoms with Crippen molar-refractivity contribution in [1.82, 2.24) is 9.62 Å². The van der Waals surface area contributed by atoms with Crippen molar-refractivity contribution >= 4 is 15.9 Å². The van der Waals surface area contributed by atoms with Crippen molar-refractivity contribution in [2.45, 2.75) is 57.9 Å². The fourth-order valence-corrected chi connectivity index (χ4v) is 6.22. The van der Waals surface area contributed by atoms with E-state index in [0.29, 0.717) is 49.8 Å². The van der Waals surface area contributed by atoms with Crippen molar-refractivity contribution in [1.29, 1.82) is 0 Å². The molecule has 8 heteroatoms. The zero-order chi connectivity index (χ0) is 25.2. The Morgan fingerprint density at radius 3 is 2.31 bits per heavy atom. The summed E-state index contributed by atoms with van der Waals surface area (Å²) in [5.74, 6) is 1.37. The van der Waals surface area contributed by atoms with Crippen LogP contribution in [0.1, 0.15) is 55.8 Å². The Kier molecular flexibility index (Phi) is 7.71. The first-order valence-electron chi connectivity index (χ1n) is 12.4. The second-order valence-electron chi connectivity index (χ2n) is 9.91. The van der Waals surface area contributed by atoms with Crippen molar-refractivity contribution in [3.63, 3.8) is 0 Å². The highest BCUT2D eigenvalue weighted by molar-refractivity contribution is 7.89. The third kappa shape index (κ3) is 5.64. The Bertz CT molecular complexity index is 1170. The molecule has 2 aliphatic heterocycles. The van der Waals surface area contributed by atoms with E-state index in [1.165, 1.54) is 4.31 Å². The van der Waals surface area contributed by atoms with Crippen LogP contribution in [0.25, 0.3) is 0 Å². The fraction of sp³-hybridized carbons (Fsp3) is 0.519. The van der Waals surface area contributed by atoms with Gasteiger partial charge in [0.25, 0.3) is 0 Å². The molecule has 1 atom stereocenters. The summed E-state index contributed by atoms with van der Waals surface area (Å²) in [6, 6.07) is 10.9. The number of ether oxygens (including phenoxy) is 2. The normalized spacial score (nSPS) is 18.2. The Morgan fingerprint density at radius 1 is 0.971 bits per heavy atom. The van der Waals surface area contributed by atoms with Gasteiger partial charge in [0.1, 0.15) is 0 Å². The maximum atomic E-state index is 13.2. The number of fused-ring (bicyclic) bond motifs is 1. The third-order valence-electron chi connectivity index (χ3n) is 7.04. The number of aryl methyl sites for hydroxylation is 2. The van der Waals surface area contributed by atoms with Gasteiger partial charge in [0.2, 0.25) is 15.9 Å². The fourth-order valence-electron chi connectivity index (χ4n) is 4.66. The number of carbonyl (C=O) groups is 1. The van der Waals surface area contributed by atoms with Gasteiger partial charge in [-0.25, -0.2) is 8.42 Å². The summed E-state index contributed by atoms with van der Waals surface area (Å²) in [7, 11) is -3.57. The molecule has 4 rings (SSSR count). The van der Waals surface area contributed by atoms with Gasteiger partial charge >= 0.3 is 0 Å². The molecule has 0 bridgehead atoms. The molecule has 7 nitrogen and oxygen atoms in total. The second-order valence-corrected chi connectivity index (χ2v) is 11.8. The molecule has 1 fully saturated rings. The molecule has 1 amide bonds.